The number of hydrogen-bond donors (Lipinski definition) is 2. The Balaban J connectivity index is 0.00000625. The van der Waals surface area contributed by atoms with E-state index in [2.05, 4.69) is 69.1 Å². The summed E-state index contributed by atoms with van der Waals surface area (Å²) in [4.78, 5) is 9.85. The van der Waals surface area contributed by atoms with E-state index in [1.54, 1.807) is 0 Å². The van der Waals surface area contributed by atoms with Crippen LogP contribution in [-0.4, -0.2) is 74.2 Å². The van der Waals surface area contributed by atoms with Gasteiger partial charge in [0.05, 0.1) is 6.54 Å². The molecule has 1 heterocycles. The van der Waals surface area contributed by atoms with Crippen molar-refractivity contribution in [1.29, 1.82) is 0 Å². The van der Waals surface area contributed by atoms with Crippen LogP contribution in [0.15, 0.2) is 4.99 Å². The number of likely N-dealkylation sites (tertiary alicyclic amines) is 1. The number of halogens is 1. The van der Waals surface area contributed by atoms with Crippen molar-refractivity contribution in [3.63, 3.8) is 0 Å². The van der Waals surface area contributed by atoms with Gasteiger partial charge in [0, 0.05) is 37.8 Å². The third-order valence-corrected chi connectivity index (χ3v) is 5.64. The van der Waals surface area contributed by atoms with Crippen LogP contribution in [0, 0.1) is 5.92 Å². The molecule has 0 amide bonds. The lowest BCUT2D eigenvalue weighted by atomic mass is 9.93. The molecule has 26 heavy (non-hydrogen) atoms. The Labute approximate surface area is 179 Å². The Kier molecular flexibility index (Phi) is 14.0. The van der Waals surface area contributed by atoms with Crippen LogP contribution in [0.2, 0.25) is 0 Å². The number of hydrogen-bond acceptors (Lipinski definition) is 3. The molecule has 1 fully saturated rings. The highest BCUT2D eigenvalue weighted by Gasteiger charge is 2.23. The monoisotopic (exact) mass is 481 g/mol. The second-order valence-corrected chi connectivity index (χ2v) is 7.88. The molecular formula is C20H44IN5. The molecule has 1 unspecified atom stereocenters. The molecule has 5 nitrogen and oxygen atoms in total. The van der Waals surface area contributed by atoms with Gasteiger partial charge in [0.2, 0.25) is 0 Å². The lowest BCUT2D eigenvalue weighted by Crippen LogP contribution is -2.50. The zero-order valence-electron chi connectivity index (χ0n) is 18.2. The highest BCUT2D eigenvalue weighted by molar-refractivity contribution is 14.0. The van der Waals surface area contributed by atoms with Crippen molar-refractivity contribution in [2.45, 2.75) is 78.4 Å². The van der Waals surface area contributed by atoms with Crippen LogP contribution in [0.25, 0.3) is 0 Å². The summed E-state index contributed by atoms with van der Waals surface area (Å²) in [5, 5.41) is 7.12. The summed E-state index contributed by atoms with van der Waals surface area (Å²) >= 11 is 0. The number of nitrogens with zero attached hydrogens (tertiary/aromatic N) is 3. The van der Waals surface area contributed by atoms with E-state index in [-0.39, 0.29) is 24.0 Å². The van der Waals surface area contributed by atoms with E-state index in [4.69, 9.17) is 4.99 Å². The zero-order chi connectivity index (χ0) is 18.8. The molecule has 1 atom stereocenters. The lowest BCUT2D eigenvalue weighted by molar-refractivity contribution is 0.167. The lowest BCUT2D eigenvalue weighted by Gasteiger charge is -2.35. The van der Waals surface area contributed by atoms with Crippen molar-refractivity contribution >= 4 is 29.9 Å². The van der Waals surface area contributed by atoms with Crippen molar-refractivity contribution in [3.8, 4) is 0 Å². The molecule has 0 aromatic heterocycles. The molecule has 0 aliphatic carbocycles. The SMILES string of the molecule is CCNC(=NCC(C(CC)CC)N(C)C)NC1CCN(C(C)C)CC1.I. The van der Waals surface area contributed by atoms with Gasteiger partial charge in [0.1, 0.15) is 0 Å². The predicted octanol–water partition coefficient (Wildman–Crippen LogP) is 3.40. The second-order valence-electron chi connectivity index (χ2n) is 7.88. The Morgan fingerprint density at radius 1 is 1.12 bits per heavy atom. The average molecular weight is 482 g/mol. The first-order chi connectivity index (χ1) is 11.9. The summed E-state index contributed by atoms with van der Waals surface area (Å²) in [7, 11) is 4.36. The fraction of sp³-hybridized carbons (Fsp3) is 0.950. The van der Waals surface area contributed by atoms with Gasteiger partial charge in [0.25, 0.3) is 0 Å². The predicted molar refractivity (Wildman–Crippen MR) is 126 cm³/mol. The van der Waals surface area contributed by atoms with E-state index in [1.807, 2.05) is 0 Å². The Morgan fingerprint density at radius 3 is 2.12 bits per heavy atom. The highest BCUT2D eigenvalue weighted by atomic mass is 127. The van der Waals surface area contributed by atoms with Crippen molar-refractivity contribution in [3.05, 3.63) is 0 Å². The number of nitrogens with one attached hydrogen (secondary N) is 2. The molecule has 1 saturated heterocycles. The number of piperidine rings is 1. The third kappa shape index (κ3) is 8.74. The summed E-state index contributed by atoms with van der Waals surface area (Å²) in [5.74, 6) is 1.69. The van der Waals surface area contributed by atoms with Crippen molar-refractivity contribution in [2.75, 3.05) is 40.3 Å². The quantitative estimate of drug-likeness (QED) is 0.301. The van der Waals surface area contributed by atoms with E-state index in [0.29, 0.717) is 24.0 Å². The smallest absolute Gasteiger partial charge is 0.191 e. The van der Waals surface area contributed by atoms with Crippen molar-refractivity contribution in [1.82, 2.24) is 20.4 Å². The van der Waals surface area contributed by atoms with Gasteiger partial charge in [-0.25, -0.2) is 0 Å². The molecule has 0 bridgehead atoms. The van der Waals surface area contributed by atoms with Gasteiger partial charge in [-0.05, 0) is 53.6 Å². The maximum Gasteiger partial charge on any atom is 0.191 e. The number of guanidine groups is 1. The van der Waals surface area contributed by atoms with E-state index < -0.39 is 0 Å². The first kappa shape index (κ1) is 25.9. The maximum absolute atomic E-state index is 4.94. The van der Waals surface area contributed by atoms with E-state index in [0.717, 1.165) is 19.0 Å². The largest absolute Gasteiger partial charge is 0.357 e. The van der Waals surface area contributed by atoms with Crippen molar-refractivity contribution < 1.29 is 0 Å². The molecule has 1 aliphatic rings. The van der Waals surface area contributed by atoms with Crippen LogP contribution in [0.5, 0.6) is 0 Å². The topological polar surface area (TPSA) is 42.9 Å². The molecule has 0 spiro atoms. The van der Waals surface area contributed by atoms with Crippen LogP contribution in [0.1, 0.15) is 60.3 Å². The standard InChI is InChI=1S/C20H43N5.HI/c1-8-17(9-2)19(24(6)7)15-22-20(21-10-3)23-18-11-13-25(14-12-18)16(4)5;/h16-19H,8-15H2,1-7H3,(H2,21,22,23);1H. The Hall–Kier alpha value is -0.0800. The summed E-state index contributed by atoms with van der Waals surface area (Å²) < 4.78 is 0. The fourth-order valence-electron chi connectivity index (χ4n) is 3.83. The first-order valence-corrected chi connectivity index (χ1v) is 10.4. The van der Waals surface area contributed by atoms with Crippen LogP contribution >= 0.6 is 24.0 Å². The molecule has 6 heteroatoms. The van der Waals surface area contributed by atoms with Crippen LogP contribution in [0.4, 0.5) is 0 Å². The molecule has 0 aromatic carbocycles. The summed E-state index contributed by atoms with van der Waals surface area (Å²) in [5.41, 5.74) is 0. The summed E-state index contributed by atoms with van der Waals surface area (Å²) in [6, 6.07) is 1.70. The Bertz CT molecular complexity index is 374. The molecule has 0 radical (unpaired) electrons. The van der Waals surface area contributed by atoms with Crippen LogP contribution in [-0.2, 0) is 0 Å². The normalized spacial score (nSPS) is 18.3. The van der Waals surface area contributed by atoms with E-state index >= 15 is 0 Å². The minimum atomic E-state index is 0. The van der Waals surface area contributed by atoms with Gasteiger partial charge in [0.15, 0.2) is 5.96 Å². The summed E-state index contributed by atoms with van der Waals surface area (Å²) in [6.07, 6.45) is 4.83. The maximum atomic E-state index is 4.94. The molecule has 0 saturated carbocycles. The van der Waals surface area contributed by atoms with Gasteiger partial charge in [-0.2, -0.15) is 0 Å². The molecule has 2 N–H and O–H groups in total. The number of aliphatic imine (C=N–C) groups is 1. The van der Waals surface area contributed by atoms with Gasteiger partial charge in [-0.1, -0.05) is 26.7 Å². The van der Waals surface area contributed by atoms with E-state index in [9.17, 15) is 0 Å². The highest BCUT2D eigenvalue weighted by Crippen LogP contribution is 2.17. The van der Waals surface area contributed by atoms with Crippen LogP contribution in [0.3, 0.4) is 0 Å². The number of likely N-dealkylation sites (N-methyl/N-ethyl adjacent to an activating group) is 1. The molecule has 1 aliphatic heterocycles. The van der Waals surface area contributed by atoms with E-state index in [1.165, 1.54) is 38.8 Å². The molecular weight excluding hydrogens is 437 g/mol. The Morgan fingerprint density at radius 2 is 1.69 bits per heavy atom. The zero-order valence-corrected chi connectivity index (χ0v) is 20.5. The van der Waals surface area contributed by atoms with Gasteiger partial charge in [-0.15, -0.1) is 24.0 Å². The van der Waals surface area contributed by atoms with Crippen molar-refractivity contribution in [2.24, 2.45) is 10.9 Å². The van der Waals surface area contributed by atoms with Gasteiger partial charge >= 0.3 is 0 Å². The molecule has 156 valence electrons. The summed E-state index contributed by atoms with van der Waals surface area (Å²) in [6.45, 7) is 15.4. The molecule has 0 aromatic rings. The van der Waals surface area contributed by atoms with Gasteiger partial charge < -0.3 is 20.4 Å². The third-order valence-electron chi connectivity index (χ3n) is 5.64. The fourth-order valence-corrected chi connectivity index (χ4v) is 3.83. The first-order valence-electron chi connectivity index (χ1n) is 10.4. The second kappa shape index (κ2) is 14.0. The minimum absolute atomic E-state index is 0. The average Bonchev–Trinajstić information content (AvgIpc) is 2.58. The van der Waals surface area contributed by atoms with Crippen LogP contribution < -0.4 is 10.6 Å². The number of rotatable bonds is 9. The minimum Gasteiger partial charge on any atom is -0.357 e. The van der Waals surface area contributed by atoms with Gasteiger partial charge in [-0.3, -0.25) is 4.99 Å². The molecule has 1 rings (SSSR count).